The SMILES string of the molecule is CC(CC1COCC1(O)c1ccc(-c2ccccc2)c(O)c1)S(N)(=O)=O. The number of aromatic hydroxyl groups is 1. The first-order valence-electron chi connectivity index (χ1n) is 8.42. The van der Waals surface area contributed by atoms with Gasteiger partial charge in [0, 0.05) is 11.5 Å². The average molecular weight is 377 g/mol. The van der Waals surface area contributed by atoms with Gasteiger partial charge in [-0.05, 0) is 30.5 Å². The Hall–Kier alpha value is -1.93. The molecule has 0 aromatic heterocycles. The molecule has 1 saturated heterocycles. The molecule has 0 spiro atoms. The van der Waals surface area contributed by atoms with E-state index in [0.29, 0.717) is 11.1 Å². The van der Waals surface area contributed by atoms with Crippen LogP contribution < -0.4 is 5.14 Å². The Kier molecular flexibility index (Phi) is 5.07. The maximum Gasteiger partial charge on any atom is 0.211 e. The second kappa shape index (κ2) is 7.00. The topological polar surface area (TPSA) is 110 Å². The van der Waals surface area contributed by atoms with Gasteiger partial charge in [0.05, 0.1) is 18.5 Å². The number of hydrogen-bond acceptors (Lipinski definition) is 5. The predicted molar refractivity (Wildman–Crippen MR) is 98.9 cm³/mol. The van der Waals surface area contributed by atoms with E-state index in [1.165, 1.54) is 13.0 Å². The van der Waals surface area contributed by atoms with Crippen molar-refractivity contribution in [3.8, 4) is 16.9 Å². The third kappa shape index (κ3) is 3.61. The van der Waals surface area contributed by atoms with Crippen LogP contribution in [0.4, 0.5) is 0 Å². The highest BCUT2D eigenvalue weighted by Crippen LogP contribution is 2.41. The first-order chi connectivity index (χ1) is 12.2. The molecule has 3 rings (SSSR count). The summed E-state index contributed by atoms with van der Waals surface area (Å²) in [6, 6.07) is 14.4. The Morgan fingerprint density at radius 2 is 1.96 bits per heavy atom. The monoisotopic (exact) mass is 377 g/mol. The molecule has 1 aliphatic rings. The molecule has 1 fully saturated rings. The highest BCUT2D eigenvalue weighted by molar-refractivity contribution is 7.89. The standard InChI is InChI=1S/C19H23NO5S/c1-13(26(20,23)24)9-16-11-25-12-19(16,22)15-7-8-17(18(21)10-15)14-5-3-2-4-6-14/h2-8,10,13,16,21-22H,9,11-12H2,1H3,(H2,20,23,24). The number of sulfonamides is 1. The van der Waals surface area contributed by atoms with Gasteiger partial charge in [-0.15, -0.1) is 0 Å². The fourth-order valence-corrected chi connectivity index (χ4v) is 3.89. The van der Waals surface area contributed by atoms with Crippen molar-refractivity contribution in [3.05, 3.63) is 54.1 Å². The second-order valence-corrected chi connectivity index (χ2v) is 8.85. The van der Waals surface area contributed by atoms with Gasteiger partial charge in [0.2, 0.25) is 10.0 Å². The van der Waals surface area contributed by atoms with Crippen LogP contribution in [-0.2, 0) is 20.4 Å². The molecule has 0 amide bonds. The molecule has 1 heterocycles. The van der Waals surface area contributed by atoms with E-state index in [9.17, 15) is 18.6 Å². The van der Waals surface area contributed by atoms with Gasteiger partial charge in [-0.1, -0.05) is 42.5 Å². The van der Waals surface area contributed by atoms with Gasteiger partial charge in [-0.3, -0.25) is 0 Å². The molecule has 0 saturated carbocycles. The van der Waals surface area contributed by atoms with E-state index in [1.807, 2.05) is 30.3 Å². The fraction of sp³-hybridized carbons (Fsp3) is 0.368. The number of benzene rings is 2. The van der Waals surface area contributed by atoms with Crippen LogP contribution in [0.25, 0.3) is 11.1 Å². The molecule has 0 radical (unpaired) electrons. The third-order valence-electron chi connectivity index (χ3n) is 5.08. The zero-order valence-corrected chi connectivity index (χ0v) is 15.3. The van der Waals surface area contributed by atoms with Gasteiger partial charge >= 0.3 is 0 Å². The Balaban J connectivity index is 1.90. The minimum atomic E-state index is -3.69. The van der Waals surface area contributed by atoms with Crippen molar-refractivity contribution in [2.24, 2.45) is 11.1 Å². The van der Waals surface area contributed by atoms with E-state index in [2.05, 4.69) is 0 Å². The van der Waals surface area contributed by atoms with Crippen molar-refractivity contribution in [3.63, 3.8) is 0 Å². The molecule has 0 aliphatic carbocycles. The molecule has 26 heavy (non-hydrogen) atoms. The Morgan fingerprint density at radius 1 is 1.27 bits per heavy atom. The van der Waals surface area contributed by atoms with E-state index in [4.69, 9.17) is 9.88 Å². The Bertz CT molecular complexity index is 884. The number of rotatable bonds is 5. The summed E-state index contributed by atoms with van der Waals surface area (Å²) in [5.41, 5.74) is 0.654. The first-order valence-corrected chi connectivity index (χ1v) is 10.0. The van der Waals surface area contributed by atoms with Gasteiger partial charge in [-0.2, -0.15) is 0 Å². The molecule has 2 aromatic rings. The van der Waals surface area contributed by atoms with Crippen LogP contribution >= 0.6 is 0 Å². The van der Waals surface area contributed by atoms with Crippen LogP contribution in [-0.4, -0.2) is 37.1 Å². The summed E-state index contributed by atoms with van der Waals surface area (Å²) in [7, 11) is -3.69. The summed E-state index contributed by atoms with van der Waals surface area (Å²) in [6.07, 6.45) is 0.177. The Labute approximate surface area is 153 Å². The highest BCUT2D eigenvalue weighted by Gasteiger charge is 2.45. The lowest BCUT2D eigenvalue weighted by Gasteiger charge is -2.30. The molecule has 140 valence electrons. The quantitative estimate of drug-likeness (QED) is 0.738. The maximum atomic E-state index is 11.5. The van der Waals surface area contributed by atoms with Gasteiger partial charge < -0.3 is 14.9 Å². The van der Waals surface area contributed by atoms with Crippen LogP contribution in [0, 0.1) is 5.92 Å². The molecule has 7 heteroatoms. The molecule has 4 N–H and O–H groups in total. The van der Waals surface area contributed by atoms with Gasteiger partial charge in [-0.25, -0.2) is 13.6 Å². The number of nitrogens with two attached hydrogens (primary N) is 1. The number of phenols is 1. The highest BCUT2D eigenvalue weighted by atomic mass is 32.2. The number of ether oxygens (including phenoxy) is 1. The van der Waals surface area contributed by atoms with Crippen molar-refractivity contribution in [1.29, 1.82) is 0 Å². The van der Waals surface area contributed by atoms with Crippen LogP contribution in [0.5, 0.6) is 5.75 Å². The summed E-state index contributed by atoms with van der Waals surface area (Å²) in [4.78, 5) is 0. The number of hydrogen-bond donors (Lipinski definition) is 3. The van der Waals surface area contributed by atoms with Crippen LogP contribution in [0.2, 0.25) is 0 Å². The molecule has 1 aliphatic heterocycles. The largest absolute Gasteiger partial charge is 0.507 e. The van der Waals surface area contributed by atoms with Gasteiger partial charge in [0.25, 0.3) is 0 Å². The third-order valence-corrected chi connectivity index (χ3v) is 6.39. The summed E-state index contributed by atoms with van der Waals surface area (Å²) < 4.78 is 28.5. The minimum absolute atomic E-state index is 0.0408. The molecular weight excluding hydrogens is 354 g/mol. The fourth-order valence-electron chi connectivity index (χ4n) is 3.39. The van der Waals surface area contributed by atoms with Crippen molar-refractivity contribution in [2.45, 2.75) is 24.2 Å². The second-order valence-electron chi connectivity index (χ2n) is 6.87. The molecule has 6 nitrogen and oxygen atoms in total. The van der Waals surface area contributed by atoms with Gasteiger partial charge in [0.15, 0.2) is 0 Å². The number of aliphatic hydroxyl groups is 1. The van der Waals surface area contributed by atoms with Crippen molar-refractivity contribution in [2.75, 3.05) is 13.2 Å². The zero-order chi connectivity index (χ0) is 18.9. The van der Waals surface area contributed by atoms with E-state index in [1.54, 1.807) is 12.1 Å². The van der Waals surface area contributed by atoms with Crippen molar-refractivity contribution < 1.29 is 23.4 Å². The molecule has 2 aromatic carbocycles. The van der Waals surface area contributed by atoms with E-state index < -0.39 is 26.8 Å². The predicted octanol–water partition coefficient (Wildman–Crippen LogP) is 1.96. The van der Waals surface area contributed by atoms with Crippen molar-refractivity contribution in [1.82, 2.24) is 0 Å². The van der Waals surface area contributed by atoms with Crippen LogP contribution in [0.15, 0.2) is 48.5 Å². The van der Waals surface area contributed by atoms with E-state index in [0.717, 1.165) is 5.56 Å². The zero-order valence-electron chi connectivity index (χ0n) is 14.5. The maximum absolute atomic E-state index is 11.5. The summed E-state index contributed by atoms with van der Waals surface area (Å²) >= 11 is 0. The lowest BCUT2D eigenvalue weighted by Crippen LogP contribution is -2.38. The Morgan fingerprint density at radius 3 is 2.58 bits per heavy atom. The lowest BCUT2D eigenvalue weighted by atomic mass is 9.81. The van der Waals surface area contributed by atoms with Crippen LogP contribution in [0.1, 0.15) is 18.9 Å². The molecular formula is C19H23NO5S. The lowest BCUT2D eigenvalue weighted by molar-refractivity contribution is -0.00593. The molecule has 3 atom stereocenters. The summed E-state index contributed by atoms with van der Waals surface area (Å²) in [5, 5.41) is 26.0. The average Bonchev–Trinajstić information content (AvgIpc) is 2.96. The number of primary sulfonamides is 1. The number of phenolic OH excluding ortho intramolecular Hbond substituents is 1. The molecule has 3 unspecified atom stereocenters. The van der Waals surface area contributed by atoms with Crippen molar-refractivity contribution >= 4 is 10.0 Å². The normalized spacial score (nSPS) is 24.5. The van der Waals surface area contributed by atoms with Crippen LogP contribution in [0.3, 0.4) is 0 Å². The minimum Gasteiger partial charge on any atom is -0.507 e. The summed E-state index contributed by atoms with van der Waals surface area (Å²) in [6.45, 7) is 1.79. The van der Waals surface area contributed by atoms with Gasteiger partial charge in [0.1, 0.15) is 11.4 Å². The summed E-state index contributed by atoms with van der Waals surface area (Å²) in [5.74, 6) is -0.384. The first kappa shape index (κ1) is 18.8. The smallest absolute Gasteiger partial charge is 0.211 e. The molecule has 0 bridgehead atoms. The van der Waals surface area contributed by atoms with E-state index >= 15 is 0 Å². The van der Waals surface area contributed by atoms with E-state index in [-0.39, 0.29) is 25.4 Å².